The summed E-state index contributed by atoms with van der Waals surface area (Å²) < 4.78 is 5.23. The van der Waals surface area contributed by atoms with Crippen LogP contribution in [0.2, 0.25) is 0 Å². The van der Waals surface area contributed by atoms with Crippen molar-refractivity contribution in [2.24, 2.45) is 0 Å². The van der Waals surface area contributed by atoms with Crippen LogP contribution in [-0.2, 0) is 0 Å². The maximum atomic E-state index is 5.23. The van der Waals surface area contributed by atoms with E-state index in [4.69, 9.17) is 4.74 Å². The van der Waals surface area contributed by atoms with Gasteiger partial charge in [0.05, 0.1) is 7.11 Å². The molecule has 0 aliphatic heterocycles. The molecule has 0 aromatic heterocycles. The lowest BCUT2D eigenvalue weighted by Crippen LogP contribution is -2.25. The summed E-state index contributed by atoms with van der Waals surface area (Å²) in [5.74, 6) is 0.906. The summed E-state index contributed by atoms with van der Waals surface area (Å²) in [4.78, 5) is 0. The van der Waals surface area contributed by atoms with E-state index in [1.807, 2.05) is 12.1 Å². The minimum Gasteiger partial charge on any atom is -0.497 e. The largest absolute Gasteiger partial charge is 0.497 e. The number of methoxy groups -OCH3 is 1. The Labute approximate surface area is 128 Å². The van der Waals surface area contributed by atoms with Crippen LogP contribution in [0.3, 0.4) is 0 Å². The Morgan fingerprint density at radius 3 is 1.81 bits per heavy atom. The van der Waals surface area contributed by atoms with E-state index in [0.29, 0.717) is 12.1 Å². The van der Waals surface area contributed by atoms with Gasteiger partial charge in [-0.2, -0.15) is 0 Å². The van der Waals surface area contributed by atoms with Gasteiger partial charge in [-0.25, -0.2) is 0 Å². The predicted octanol–water partition coefficient (Wildman–Crippen LogP) is 4.89. The average molecular weight is 283 g/mol. The van der Waals surface area contributed by atoms with Crippen molar-refractivity contribution in [3.63, 3.8) is 0 Å². The molecule has 0 heterocycles. The monoisotopic (exact) mass is 283 g/mol. The molecule has 0 aliphatic carbocycles. The molecule has 0 saturated heterocycles. The average Bonchev–Trinajstić information content (AvgIpc) is 2.57. The fourth-order valence-corrected chi connectivity index (χ4v) is 2.66. The normalized spacial score (nSPS) is 13.7. The molecule has 2 nitrogen and oxygen atoms in total. The standard InChI is InChI=1S/C19H25NO/c1-4-18(15-9-7-6-8-10-15)20-19(5-2)16-11-13-17(21-3)14-12-16/h6-14,18-20H,4-5H2,1-3H3/t18-,19-/m1/s1. The Bertz CT molecular complexity index is 521. The van der Waals surface area contributed by atoms with E-state index in [1.54, 1.807) is 7.11 Å². The summed E-state index contributed by atoms with van der Waals surface area (Å²) in [6.07, 6.45) is 2.15. The molecule has 0 bridgehead atoms. The van der Waals surface area contributed by atoms with Crippen molar-refractivity contribution in [3.8, 4) is 5.75 Å². The highest BCUT2D eigenvalue weighted by Gasteiger charge is 2.15. The molecule has 0 fully saturated rings. The summed E-state index contributed by atoms with van der Waals surface area (Å²) in [5, 5.41) is 3.78. The van der Waals surface area contributed by atoms with Crippen molar-refractivity contribution in [1.29, 1.82) is 0 Å². The van der Waals surface area contributed by atoms with E-state index in [0.717, 1.165) is 18.6 Å². The van der Waals surface area contributed by atoms with Crippen LogP contribution in [0.25, 0.3) is 0 Å². The highest BCUT2D eigenvalue weighted by atomic mass is 16.5. The van der Waals surface area contributed by atoms with Crippen LogP contribution < -0.4 is 10.1 Å². The van der Waals surface area contributed by atoms with Gasteiger partial charge in [-0.15, -0.1) is 0 Å². The zero-order chi connectivity index (χ0) is 15.1. The zero-order valence-corrected chi connectivity index (χ0v) is 13.2. The molecule has 0 spiro atoms. The maximum absolute atomic E-state index is 5.23. The van der Waals surface area contributed by atoms with Crippen molar-refractivity contribution in [3.05, 3.63) is 65.7 Å². The summed E-state index contributed by atoms with van der Waals surface area (Å²) in [6.45, 7) is 4.45. The molecule has 2 aromatic rings. The summed E-state index contributed by atoms with van der Waals surface area (Å²) >= 11 is 0. The van der Waals surface area contributed by atoms with Crippen molar-refractivity contribution in [2.45, 2.75) is 38.8 Å². The molecule has 112 valence electrons. The first kappa shape index (κ1) is 15.6. The Kier molecular flexibility index (Phi) is 5.82. The number of benzene rings is 2. The molecule has 2 rings (SSSR count). The fourth-order valence-electron chi connectivity index (χ4n) is 2.66. The second kappa shape index (κ2) is 7.84. The van der Waals surface area contributed by atoms with Gasteiger partial charge in [-0.1, -0.05) is 56.3 Å². The van der Waals surface area contributed by atoms with Gasteiger partial charge in [0.1, 0.15) is 5.75 Å². The minimum atomic E-state index is 0.362. The van der Waals surface area contributed by atoms with Gasteiger partial charge in [0.25, 0.3) is 0 Å². The van der Waals surface area contributed by atoms with Crippen LogP contribution in [0.1, 0.15) is 49.9 Å². The fraction of sp³-hybridized carbons (Fsp3) is 0.368. The van der Waals surface area contributed by atoms with Gasteiger partial charge in [-0.3, -0.25) is 0 Å². The molecular weight excluding hydrogens is 258 g/mol. The van der Waals surface area contributed by atoms with E-state index in [2.05, 4.69) is 61.6 Å². The number of hydrogen-bond donors (Lipinski definition) is 1. The predicted molar refractivity (Wildman–Crippen MR) is 88.6 cm³/mol. The lowest BCUT2D eigenvalue weighted by atomic mass is 9.99. The quantitative estimate of drug-likeness (QED) is 0.781. The van der Waals surface area contributed by atoms with Crippen molar-refractivity contribution >= 4 is 0 Å². The zero-order valence-electron chi connectivity index (χ0n) is 13.2. The third-order valence-electron chi connectivity index (χ3n) is 3.94. The van der Waals surface area contributed by atoms with E-state index in [-0.39, 0.29) is 0 Å². The summed E-state index contributed by atoms with van der Waals surface area (Å²) in [6, 6.07) is 19.8. The van der Waals surface area contributed by atoms with Crippen LogP contribution in [0, 0.1) is 0 Å². The first-order valence-electron chi connectivity index (χ1n) is 7.73. The summed E-state index contributed by atoms with van der Waals surface area (Å²) in [5.41, 5.74) is 2.67. The van der Waals surface area contributed by atoms with E-state index >= 15 is 0 Å². The highest BCUT2D eigenvalue weighted by Crippen LogP contribution is 2.25. The van der Waals surface area contributed by atoms with Crippen LogP contribution >= 0.6 is 0 Å². The molecule has 1 N–H and O–H groups in total. The Balaban J connectivity index is 2.13. The highest BCUT2D eigenvalue weighted by molar-refractivity contribution is 5.29. The topological polar surface area (TPSA) is 21.3 Å². The molecule has 2 heteroatoms. The second-order valence-corrected chi connectivity index (χ2v) is 5.27. The smallest absolute Gasteiger partial charge is 0.118 e. The van der Waals surface area contributed by atoms with Gasteiger partial charge in [0, 0.05) is 12.1 Å². The van der Waals surface area contributed by atoms with Crippen LogP contribution in [0.4, 0.5) is 0 Å². The molecule has 0 unspecified atom stereocenters. The van der Waals surface area contributed by atoms with Crippen molar-refractivity contribution < 1.29 is 4.74 Å². The first-order chi connectivity index (χ1) is 10.3. The Morgan fingerprint density at radius 1 is 0.810 bits per heavy atom. The van der Waals surface area contributed by atoms with E-state index in [1.165, 1.54) is 11.1 Å². The van der Waals surface area contributed by atoms with Crippen LogP contribution in [-0.4, -0.2) is 7.11 Å². The number of ether oxygens (including phenoxy) is 1. The summed E-state index contributed by atoms with van der Waals surface area (Å²) in [7, 11) is 1.70. The van der Waals surface area contributed by atoms with Crippen LogP contribution in [0.5, 0.6) is 5.75 Å². The Hall–Kier alpha value is -1.80. The third-order valence-corrected chi connectivity index (χ3v) is 3.94. The van der Waals surface area contributed by atoms with Crippen molar-refractivity contribution in [1.82, 2.24) is 5.32 Å². The third kappa shape index (κ3) is 4.08. The van der Waals surface area contributed by atoms with Crippen molar-refractivity contribution in [2.75, 3.05) is 7.11 Å². The molecular formula is C19H25NO. The van der Waals surface area contributed by atoms with Gasteiger partial charge >= 0.3 is 0 Å². The molecule has 21 heavy (non-hydrogen) atoms. The first-order valence-corrected chi connectivity index (χ1v) is 7.73. The molecule has 2 atom stereocenters. The molecule has 0 aliphatic rings. The minimum absolute atomic E-state index is 0.362. The maximum Gasteiger partial charge on any atom is 0.118 e. The van der Waals surface area contributed by atoms with Gasteiger partial charge in [0.2, 0.25) is 0 Å². The SMILES string of the molecule is CC[C@@H](N[C@H](CC)c1ccc(OC)cc1)c1ccccc1. The lowest BCUT2D eigenvalue weighted by Gasteiger charge is -2.25. The van der Waals surface area contributed by atoms with Crippen LogP contribution in [0.15, 0.2) is 54.6 Å². The molecule has 0 saturated carbocycles. The number of rotatable bonds is 7. The molecule has 0 amide bonds. The second-order valence-electron chi connectivity index (χ2n) is 5.27. The lowest BCUT2D eigenvalue weighted by molar-refractivity contribution is 0.411. The van der Waals surface area contributed by atoms with E-state index < -0.39 is 0 Å². The molecule has 0 radical (unpaired) electrons. The number of nitrogens with one attached hydrogen (secondary N) is 1. The Morgan fingerprint density at radius 2 is 1.33 bits per heavy atom. The number of hydrogen-bond acceptors (Lipinski definition) is 2. The van der Waals surface area contributed by atoms with Gasteiger partial charge in [0.15, 0.2) is 0 Å². The van der Waals surface area contributed by atoms with Gasteiger partial charge in [-0.05, 0) is 36.1 Å². The van der Waals surface area contributed by atoms with Gasteiger partial charge < -0.3 is 10.1 Å². The molecule has 2 aromatic carbocycles. The van der Waals surface area contributed by atoms with E-state index in [9.17, 15) is 0 Å².